The predicted octanol–water partition coefficient (Wildman–Crippen LogP) is 6.47. The van der Waals surface area contributed by atoms with Gasteiger partial charge in [-0.1, -0.05) is 52.7 Å². The van der Waals surface area contributed by atoms with Crippen LogP contribution in [0, 0.1) is 5.82 Å². The summed E-state index contributed by atoms with van der Waals surface area (Å²) in [5.41, 5.74) is 4.33. The predicted molar refractivity (Wildman–Crippen MR) is 169 cm³/mol. The molecule has 8 nitrogen and oxygen atoms in total. The first-order chi connectivity index (χ1) is 21.1. The summed E-state index contributed by atoms with van der Waals surface area (Å²) in [6, 6.07) is 17.3. The van der Waals surface area contributed by atoms with E-state index < -0.39 is 5.82 Å². The summed E-state index contributed by atoms with van der Waals surface area (Å²) >= 11 is 12.3. The van der Waals surface area contributed by atoms with E-state index in [0.717, 1.165) is 23.4 Å². The van der Waals surface area contributed by atoms with Gasteiger partial charge in [0, 0.05) is 62.0 Å². The molecule has 4 aromatic rings. The molecule has 0 aliphatic carbocycles. The molecule has 1 unspecified atom stereocenters. The number of hydrogen-bond acceptors (Lipinski definition) is 5. The number of hydrogen-bond donors (Lipinski definition) is 0. The highest BCUT2D eigenvalue weighted by Crippen LogP contribution is 2.36. The fourth-order valence-corrected chi connectivity index (χ4v) is 6.78. The molecule has 2 amide bonds. The normalized spacial score (nSPS) is 20.5. The monoisotopic (exact) mass is 634 g/mol. The lowest BCUT2D eigenvalue weighted by atomic mass is 9.96. The van der Waals surface area contributed by atoms with Crippen LogP contribution in [-0.4, -0.2) is 68.3 Å². The van der Waals surface area contributed by atoms with Gasteiger partial charge in [-0.25, -0.2) is 9.07 Å². The van der Waals surface area contributed by atoms with Gasteiger partial charge in [-0.15, -0.1) is 5.10 Å². The standard InChI is InChI=1S/C33H33Cl2FN6O2/c1-20-16-39(33(44)26-10-9-24(36)15-28(26)23-8-11-29(34)30(35)14-23)17-21(2)41(20)18-25-19-42(38-37-25)32-12-13-40(22(3)43)31-7-5-4-6-27(31)32/h4-11,14-15,19-21,32H,12-13,16-18H2,1-3H3/t20-,21+,32?. The minimum absolute atomic E-state index is 0.00667. The van der Waals surface area contributed by atoms with E-state index >= 15 is 0 Å². The van der Waals surface area contributed by atoms with Gasteiger partial charge in [0.25, 0.3) is 5.91 Å². The number of piperazine rings is 1. The third kappa shape index (κ3) is 5.84. The topological polar surface area (TPSA) is 74.6 Å². The minimum Gasteiger partial charge on any atom is -0.336 e. The molecule has 0 spiro atoms. The van der Waals surface area contributed by atoms with Crippen LogP contribution in [0.3, 0.4) is 0 Å². The Morgan fingerprint density at radius 1 is 0.977 bits per heavy atom. The summed E-state index contributed by atoms with van der Waals surface area (Å²) in [7, 11) is 0. The molecule has 0 radical (unpaired) electrons. The third-order valence-electron chi connectivity index (χ3n) is 8.65. The second-order valence-electron chi connectivity index (χ2n) is 11.6. The lowest BCUT2D eigenvalue weighted by Crippen LogP contribution is -2.57. The van der Waals surface area contributed by atoms with E-state index in [1.807, 2.05) is 44.9 Å². The summed E-state index contributed by atoms with van der Waals surface area (Å²) in [6.45, 7) is 8.01. The first-order valence-corrected chi connectivity index (χ1v) is 15.4. The minimum atomic E-state index is -0.435. The second-order valence-corrected chi connectivity index (χ2v) is 12.4. The van der Waals surface area contributed by atoms with Crippen LogP contribution in [0.1, 0.15) is 54.8 Å². The Balaban J connectivity index is 1.17. The van der Waals surface area contributed by atoms with Crippen molar-refractivity contribution < 1.29 is 14.0 Å². The zero-order valence-electron chi connectivity index (χ0n) is 24.8. The van der Waals surface area contributed by atoms with Crippen LogP contribution in [0.15, 0.2) is 66.9 Å². The number of amides is 2. The molecule has 44 heavy (non-hydrogen) atoms. The van der Waals surface area contributed by atoms with Crippen LogP contribution in [-0.2, 0) is 11.3 Å². The summed E-state index contributed by atoms with van der Waals surface area (Å²) in [6.07, 6.45) is 2.74. The maximum absolute atomic E-state index is 14.3. The van der Waals surface area contributed by atoms with Crippen molar-refractivity contribution >= 4 is 40.7 Å². The fourth-order valence-electron chi connectivity index (χ4n) is 6.48. The zero-order valence-corrected chi connectivity index (χ0v) is 26.3. The highest BCUT2D eigenvalue weighted by molar-refractivity contribution is 6.42. The third-order valence-corrected chi connectivity index (χ3v) is 9.38. The average Bonchev–Trinajstić information content (AvgIpc) is 3.47. The number of aromatic nitrogens is 3. The van der Waals surface area contributed by atoms with E-state index in [4.69, 9.17) is 23.2 Å². The molecular weight excluding hydrogens is 602 g/mol. The van der Waals surface area contributed by atoms with Crippen LogP contribution in [0.25, 0.3) is 11.1 Å². The number of nitrogens with zero attached hydrogens (tertiary/aromatic N) is 6. The summed E-state index contributed by atoms with van der Waals surface area (Å²) < 4.78 is 16.2. The number of anilines is 1. The number of rotatable bonds is 5. The lowest BCUT2D eigenvalue weighted by Gasteiger charge is -2.44. The van der Waals surface area contributed by atoms with Gasteiger partial charge in [-0.3, -0.25) is 14.5 Å². The summed E-state index contributed by atoms with van der Waals surface area (Å²) in [5.74, 6) is -0.568. The average molecular weight is 636 g/mol. The molecule has 1 fully saturated rings. The van der Waals surface area contributed by atoms with Gasteiger partial charge in [0.05, 0.1) is 28.0 Å². The Morgan fingerprint density at radius 2 is 1.73 bits per heavy atom. The number of benzene rings is 3. The summed E-state index contributed by atoms with van der Waals surface area (Å²) in [4.78, 5) is 32.0. The Hall–Kier alpha value is -3.79. The SMILES string of the molecule is CC(=O)N1CCC(n2cc(CN3[C@H](C)CN(C(=O)c4ccc(F)cc4-c4ccc(Cl)c(Cl)c4)C[C@@H]3C)nn2)c2ccccc21. The van der Waals surface area contributed by atoms with Crippen molar-refractivity contribution in [2.75, 3.05) is 24.5 Å². The van der Waals surface area contributed by atoms with Crippen molar-refractivity contribution in [2.45, 2.75) is 51.9 Å². The molecule has 6 rings (SSSR count). The number of fused-ring (bicyclic) bond motifs is 1. The van der Waals surface area contributed by atoms with Crippen molar-refractivity contribution in [2.24, 2.45) is 0 Å². The van der Waals surface area contributed by atoms with Crippen LogP contribution < -0.4 is 4.90 Å². The smallest absolute Gasteiger partial charge is 0.254 e. The Morgan fingerprint density at radius 3 is 2.45 bits per heavy atom. The molecule has 3 heterocycles. The van der Waals surface area contributed by atoms with Gasteiger partial charge >= 0.3 is 0 Å². The van der Waals surface area contributed by atoms with Gasteiger partial charge in [0.1, 0.15) is 5.82 Å². The van der Waals surface area contributed by atoms with Crippen LogP contribution in [0.2, 0.25) is 10.0 Å². The molecule has 2 aliphatic heterocycles. The van der Waals surface area contributed by atoms with E-state index in [1.54, 1.807) is 25.1 Å². The second kappa shape index (κ2) is 12.3. The largest absolute Gasteiger partial charge is 0.336 e. The first-order valence-electron chi connectivity index (χ1n) is 14.7. The Bertz CT molecular complexity index is 1720. The molecule has 0 saturated carbocycles. The molecule has 11 heteroatoms. The molecule has 3 aromatic carbocycles. The van der Waals surface area contributed by atoms with Crippen molar-refractivity contribution in [3.8, 4) is 11.1 Å². The van der Waals surface area contributed by atoms with Crippen molar-refractivity contribution in [3.63, 3.8) is 0 Å². The zero-order chi connectivity index (χ0) is 31.1. The van der Waals surface area contributed by atoms with Crippen molar-refractivity contribution in [3.05, 3.63) is 99.5 Å². The van der Waals surface area contributed by atoms with E-state index in [2.05, 4.69) is 29.1 Å². The first kappa shape index (κ1) is 30.2. The highest BCUT2D eigenvalue weighted by atomic mass is 35.5. The van der Waals surface area contributed by atoms with E-state index in [1.165, 1.54) is 18.2 Å². The highest BCUT2D eigenvalue weighted by Gasteiger charge is 2.34. The van der Waals surface area contributed by atoms with Crippen LogP contribution >= 0.6 is 23.2 Å². The van der Waals surface area contributed by atoms with E-state index in [9.17, 15) is 14.0 Å². The Kier molecular flexibility index (Phi) is 8.46. The van der Waals surface area contributed by atoms with E-state index in [-0.39, 0.29) is 29.9 Å². The molecule has 0 N–H and O–H groups in total. The molecule has 228 valence electrons. The lowest BCUT2D eigenvalue weighted by molar-refractivity contribution is -0.116. The maximum atomic E-state index is 14.3. The van der Waals surface area contributed by atoms with Crippen LogP contribution in [0.4, 0.5) is 10.1 Å². The van der Waals surface area contributed by atoms with Gasteiger partial charge in [0.2, 0.25) is 5.91 Å². The fraction of sp³-hybridized carbons (Fsp3) is 0.333. The van der Waals surface area contributed by atoms with Crippen LogP contribution in [0.5, 0.6) is 0 Å². The van der Waals surface area contributed by atoms with Gasteiger partial charge in [-0.2, -0.15) is 0 Å². The molecule has 1 saturated heterocycles. The number of para-hydroxylation sites is 1. The van der Waals surface area contributed by atoms with Gasteiger partial charge in [-0.05, 0) is 67.8 Å². The molecule has 2 aliphatic rings. The number of carbonyl (C=O) groups is 2. The van der Waals surface area contributed by atoms with E-state index in [0.29, 0.717) is 52.9 Å². The molecular formula is C33H33Cl2FN6O2. The molecule has 0 bridgehead atoms. The van der Waals surface area contributed by atoms with Gasteiger partial charge in [0.15, 0.2) is 0 Å². The van der Waals surface area contributed by atoms with Crippen molar-refractivity contribution in [1.82, 2.24) is 24.8 Å². The number of carbonyl (C=O) groups excluding carboxylic acids is 2. The quantitative estimate of drug-likeness (QED) is 0.251. The summed E-state index contributed by atoms with van der Waals surface area (Å²) in [5, 5.41) is 9.72. The molecule has 1 aromatic heterocycles. The van der Waals surface area contributed by atoms with Gasteiger partial charge < -0.3 is 9.80 Å². The Labute approximate surface area is 266 Å². The molecule has 3 atom stereocenters. The maximum Gasteiger partial charge on any atom is 0.254 e. The van der Waals surface area contributed by atoms with Crippen molar-refractivity contribution in [1.29, 1.82) is 0 Å². The number of halogens is 3.